The van der Waals surface area contributed by atoms with Gasteiger partial charge in [0.05, 0.1) is 6.04 Å². The minimum Gasteiger partial charge on any atom is -0.354 e. The average Bonchev–Trinajstić information content (AvgIpc) is 2.46. The van der Waals surface area contributed by atoms with Gasteiger partial charge >= 0.3 is 0 Å². The fourth-order valence-corrected chi connectivity index (χ4v) is 2.28. The topological polar surface area (TPSA) is 61.4 Å². The number of carbonyl (C=O) groups excluding carboxylic acids is 2. The Morgan fingerprint density at radius 3 is 2.70 bits per heavy atom. The smallest absolute Gasteiger partial charge is 0.237 e. The Morgan fingerprint density at radius 2 is 2.00 bits per heavy atom. The SMILES string of the molecule is CN(C)C(=O)CCNC(=O)C1Cc2ccccc2CN1. The molecule has 20 heavy (non-hydrogen) atoms. The molecule has 0 aromatic heterocycles. The third-order valence-corrected chi connectivity index (χ3v) is 3.53. The van der Waals surface area contributed by atoms with E-state index in [2.05, 4.69) is 22.8 Å². The first-order valence-corrected chi connectivity index (χ1v) is 6.86. The molecule has 1 aromatic carbocycles. The van der Waals surface area contributed by atoms with Crippen molar-refractivity contribution in [3.63, 3.8) is 0 Å². The van der Waals surface area contributed by atoms with Crippen molar-refractivity contribution in [2.24, 2.45) is 0 Å². The molecule has 2 N–H and O–H groups in total. The van der Waals surface area contributed by atoms with Gasteiger partial charge in [-0.15, -0.1) is 0 Å². The van der Waals surface area contributed by atoms with Gasteiger partial charge in [-0.1, -0.05) is 24.3 Å². The molecule has 1 aliphatic heterocycles. The summed E-state index contributed by atoms with van der Waals surface area (Å²) in [6.07, 6.45) is 1.03. The van der Waals surface area contributed by atoms with E-state index in [1.165, 1.54) is 16.0 Å². The van der Waals surface area contributed by atoms with Gasteiger partial charge in [0.25, 0.3) is 0 Å². The second-order valence-corrected chi connectivity index (χ2v) is 5.24. The van der Waals surface area contributed by atoms with Gasteiger partial charge in [0, 0.05) is 33.6 Å². The maximum atomic E-state index is 12.1. The highest BCUT2D eigenvalue weighted by molar-refractivity contribution is 5.83. The summed E-state index contributed by atoms with van der Waals surface area (Å²) < 4.78 is 0. The normalized spacial score (nSPS) is 17.2. The lowest BCUT2D eigenvalue weighted by atomic mass is 9.95. The van der Waals surface area contributed by atoms with E-state index in [4.69, 9.17) is 0 Å². The molecule has 5 heteroatoms. The van der Waals surface area contributed by atoms with Crippen LogP contribution in [0.3, 0.4) is 0 Å². The molecule has 1 unspecified atom stereocenters. The molecule has 0 saturated heterocycles. The van der Waals surface area contributed by atoms with Crippen molar-refractivity contribution in [2.45, 2.75) is 25.4 Å². The minimum atomic E-state index is -0.209. The monoisotopic (exact) mass is 275 g/mol. The predicted octanol–water partition coefficient (Wildman–Crippen LogP) is 0.295. The Hall–Kier alpha value is -1.88. The van der Waals surface area contributed by atoms with E-state index < -0.39 is 0 Å². The largest absolute Gasteiger partial charge is 0.354 e. The first kappa shape index (κ1) is 14.5. The van der Waals surface area contributed by atoms with Crippen molar-refractivity contribution in [1.82, 2.24) is 15.5 Å². The molecule has 2 rings (SSSR count). The summed E-state index contributed by atoms with van der Waals surface area (Å²) in [6.45, 7) is 1.10. The number of fused-ring (bicyclic) bond motifs is 1. The maximum absolute atomic E-state index is 12.1. The van der Waals surface area contributed by atoms with Crippen molar-refractivity contribution < 1.29 is 9.59 Å². The van der Waals surface area contributed by atoms with Crippen molar-refractivity contribution in [1.29, 1.82) is 0 Å². The molecule has 1 aromatic rings. The fourth-order valence-electron chi connectivity index (χ4n) is 2.28. The van der Waals surface area contributed by atoms with Crippen LogP contribution in [0.4, 0.5) is 0 Å². The Morgan fingerprint density at radius 1 is 1.30 bits per heavy atom. The zero-order chi connectivity index (χ0) is 14.5. The summed E-state index contributed by atoms with van der Waals surface area (Å²) in [6, 6.07) is 7.93. The van der Waals surface area contributed by atoms with Crippen LogP contribution in [-0.4, -0.2) is 43.4 Å². The first-order valence-electron chi connectivity index (χ1n) is 6.86. The summed E-state index contributed by atoms with van der Waals surface area (Å²) in [7, 11) is 3.42. The highest BCUT2D eigenvalue weighted by atomic mass is 16.2. The molecule has 0 radical (unpaired) electrons. The van der Waals surface area contributed by atoms with Gasteiger partial charge in [-0.05, 0) is 17.5 Å². The summed E-state index contributed by atoms with van der Waals surface area (Å²) in [5.74, 6) is -0.0155. The van der Waals surface area contributed by atoms with Gasteiger partial charge in [0.1, 0.15) is 0 Å². The summed E-state index contributed by atoms with van der Waals surface area (Å²) in [5, 5.41) is 6.05. The number of benzene rings is 1. The van der Waals surface area contributed by atoms with E-state index in [1.807, 2.05) is 12.1 Å². The number of hydrogen-bond acceptors (Lipinski definition) is 3. The number of carbonyl (C=O) groups is 2. The van der Waals surface area contributed by atoms with E-state index >= 15 is 0 Å². The van der Waals surface area contributed by atoms with Crippen molar-refractivity contribution in [3.8, 4) is 0 Å². The predicted molar refractivity (Wildman–Crippen MR) is 77.1 cm³/mol. The fraction of sp³-hybridized carbons (Fsp3) is 0.467. The minimum absolute atomic E-state index is 0.0206. The van der Waals surface area contributed by atoms with Gasteiger partial charge < -0.3 is 15.5 Å². The molecular formula is C15H21N3O2. The maximum Gasteiger partial charge on any atom is 0.237 e. The first-order chi connectivity index (χ1) is 9.58. The van der Waals surface area contributed by atoms with E-state index in [0.29, 0.717) is 25.9 Å². The van der Waals surface area contributed by atoms with Crippen molar-refractivity contribution in [3.05, 3.63) is 35.4 Å². The van der Waals surface area contributed by atoms with Crippen LogP contribution in [0.1, 0.15) is 17.5 Å². The third kappa shape index (κ3) is 3.57. The van der Waals surface area contributed by atoms with Crippen LogP contribution in [0, 0.1) is 0 Å². The Balaban J connectivity index is 1.81. The number of rotatable bonds is 4. The highest BCUT2D eigenvalue weighted by Crippen LogP contribution is 2.16. The van der Waals surface area contributed by atoms with Gasteiger partial charge in [-0.3, -0.25) is 9.59 Å². The molecule has 1 atom stereocenters. The van der Waals surface area contributed by atoms with Gasteiger partial charge in [-0.2, -0.15) is 0 Å². The molecule has 0 saturated carbocycles. The molecule has 0 fully saturated rings. The molecular weight excluding hydrogens is 254 g/mol. The van der Waals surface area contributed by atoms with E-state index in [-0.39, 0.29) is 17.9 Å². The number of amides is 2. The van der Waals surface area contributed by atoms with Crippen LogP contribution in [0.2, 0.25) is 0 Å². The molecule has 108 valence electrons. The number of hydrogen-bond donors (Lipinski definition) is 2. The van der Waals surface area contributed by atoms with Crippen molar-refractivity contribution in [2.75, 3.05) is 20.6 Å². The van der Waals surface area contributed by atoms with Crippen LogP contribution < -0.4 is 10.6 Å². The van der Waals surface area contributed by atoms with Crippen LogP contribution >= 0.6 is 0 Å². The number of nitrogens with one attached hydrogen (secondary N) is 2. The molecule has 0 spiro atoms. The van der Waals surface area contributed by atoms with E-state index in [0.717, 1.165) is 0 Å². The Labute approximate surface area is 119 Å². The Kier molecular flexibility index (Phi) is 4.74. The molecule has 0 aliphatic carbocycles. The van der Waals surface area contributed by atoms with Crippen molar-refractivity contribution >= 4 is 11.8 Å². The van der Waals surface area contributed by atoms with E-state index in [1.54, 1.807) is 14.1 Å². The molecule has 1 heterocycles. The van der Waals surface area contributed by atoms with Crippen LogP contribution in [0.25, 0.3) is 0 Å². The van der Waals surface area contributed by atoms with Crippen LogP contribution in [0.5, 0.6) is 0 Å². The second-order valence-electron chi connectivity index (χ2n) is 5.24. The summed E-state index contributed by atoms with van der Waals surface area (Å²) in [4.78, 5) is 25.0. The summed E-state index contributed by atoms with van der Waals surface area (Å²) >= 11 is 0. The van der Waals surface area contributed by atoms with Gasteiger partial charge in [-0.25, -0.2) is 0 Å². The Bertz CT molecular complexity index is 500. The standard InChI is InChI=1S/C15H21N3O2/c1-18(2)14(19)7-8-16-15(20)13-9-11-5-3-4-6-12(11)10-17-13/h3-6,13,17H,7-10H2,1-2H3,(H,16,20). The van der Waals surface area contributed by atoms with Crippen LogP contribution in [0.15, 0.2) is 24.3 Å². The quantitative estimate of drug-likeness (QED) is 0.830. The molecule has 1 aliphatic rings. The summed E-state index contributed by atoms with van der Waals surface area (Å²) in [5.41, 5.74) is 2.47. The van der Waals surface area contributed by atoms with Gasteiger partial charge in [0.2, 0.25) is 11.8 Å². The second kappa shape index (κ2) is 6.52. The highest BCUT2D eigenvalue weighted by Gasteiger charge is 2.23. The third-order valence-electron chi connectivity index (χ3n) is 3.53. The molecule has 2 amide bonds. The lowest BCUT2D eigenvalue weighted by Crippen LogP contribution is -2.48. The zero-order valence-electron chi connectivity index (χ0n) is 12.0. The molecule has 0 bridgehead atoms. The molecule has 5 nitrogen and oxygen atoms in total. The van der Waals surface area contributed by atoms with E-state index in [9.17, 15) is 9.59 Å². The number of nitrogens with zero attached hydrogens (tertiary/aromatic N) is 1. The average molecular weight is 275 g/mol. The zero-order valence-corrected chi connectivity index (χ0v) is 12.0. The van der Waals surface area contributed by atoms with Crippen LogP contribution in [-0.2, 0) is 22.6 Å². The van der Waals surface area contributed by atoms with Gasteiger partial charge in [0.15, 0.2) is 0 Å². The lowest BCUT2D eigenvalue weighted by Gasteiger charge is -2.25. The lowest BCUT2D eigenvalue weighted by molar-refractivity contribution is -0.128.